The molecule has 1 fully saturated rings. The van der Waals surface area contributed by atoms with Crippen molar-refractivity contribution in [2.24, 2.45) is 0 Å². The van der Waals surface area contributed by atoms with Crippen LogP contribution >= 0.6 is 0 Å². The minimum Gasteiger partial charge on any atom is -0.389 e. The van der Waals surface area contributed by atoms with Crippen LogP contribution in [-0.2, 0) is 4.74 Å². The van der Waals surface area contributed by atoms with Gasteiger partial charge in [0, 0.05) is 12.2 Å². The lowest BCUT2D eigenvalue weighted by atomic mass is 9.98. The van der Waals surface area contributed by atoms with Crippen LogP contribution in [0.2, 0.25) is 0 Å². The zero-order valence-corrected chi connectivity index (χ0v) is 14.7. The number of anilines is 1. The lowest BCUT2D eigenvalue weighted by Gasteiger charge is -2.23. The third-order valence-electron chi connectivity index (χ3n) is 4.40. The molecule has 0 unspecified atom stereocenters. The molecule has 2 aromatic rings. The van der Waals surface area contributed by atoms with Gasteiger partial charge in [0.2, 0.25) is 0 Å². The molecule has 0 spiro atoms. The zero-order chi connectivity index (χ0) is 18.2. The molecule has 1 heterocycles. The van der Waals surface area contributed by atoms with Crippen LogP contribution in [0.25, 0.3) is 5.69 Å². The van der Waals surface area contributed by atoms with E-state index in [2.05, 4.69) is 20.8 Å². The fourth-order valence-electron chi connectivity index (χ4n) is 3.00. The van der Waals surface area contributed by atoms with E-state index in [9.17, 15) is 9.90 Å². The number of nitrogens with zero attached hydrogens (tertiary/aromatic N) is 3. The summed E-state index contributed by atoms with van der Waals surface area (Å²) >= 11 is 0. The number of carbonyl (C=O) groups excluding carboxylic acids is 1. The number of carbonyl (C=O) groups is 1. The smallest absolute Gasteiger partial charge is 0.319 e. The molecular formula is C18H25N5O3. The van der Waals surface area contributed by atoms with Gasteiger partial charge in [-0.3, -0.25) is 4.57 Å². The van der Waals surface area contributed by atoms with E-state index >= 15 is 0 Å². The summed E-state index contributed by atoms with van der Waals surface area (Å²) in [4.78, 5) is 12.0. The van der Waals surface area contributed by atoms with Crippen molar-refractivity contribution in [1.82, 2.24) is 20.1 Å². The second kappa shape index (κ2) is 9.30. The number of hydrogen-bond donors (Lipinski definition) is 3. The highest BCUT2D eigenvalue weighted by Crippen LogP contribution is 2.20. The molecule has 1 atom stereocenters. The van der Waals surface area contributed by atoms with E-state index in [4.69, 9.17) is 4.74 Å². The first-order valence-electron chi connectivity index (χ1n) is 9.00. The van der Waals surface area contributed by atoms with Crippen molar-refractivity contribution in [3.8, 4) is 5.69 Å². The molecule has 140 valence electrons. The Morgan fingerprint density at radius 1 is 1.27 bits per heavy atom. The van der Waals surface area contributed by atoms with Gasteiger partial charge in [0.15, 0.2) is 0 Å². The average molecular weight is 359 g/mol. The Kier molecular flexibility index (Phi) is 6.56. The molecule has 8 heteroatoms. The normalized spacial score (nSPS) is 16.2. The van der Waals surface area contributed by atoms with E-state index in [-0.39, 0.29) is 25.3 Å². The van der Waals surface area contributed by atoms with E-state index < -0.39 is 6.10 Å². The number of ether oxygens (including phenoxy) is 1. The van der Waals surface area contributed by atoms with Gasteiger partial charge in [-0.15, -0.1) is 10.2 Å². The van der Waals surface area contributed by atoms with Crippen molar-refractivity contribution >= 4 is 11.7 Å². The first kappa shape index (κ1) is 18.3. The summed E-state index contributed by atoms with van der Waals surface area (Å²) < 4.78 is 7.46. The maximum absolute atomic E-state index is 12.0. The van der Waals surface area contributed by atoms with Gasteiger partial charge >= 0.3 is 6.03 Å². The first-order chi connectivity index (χ1) is 12.7. The topological polar surface area (TPSA) is 101 Å². The van der Waals surface area contributed by atoms with Gasteiger partial charge in [-0.05, 0) is 31.0 Å². The van der Waals surface area contributed by atoms with Crippen LogP contribution in [0.4, 0.5) is 10.5 Å². The lowest BCUT2D eigenvalue weighted by molar-refractivity contribution is -0.0221. The van der Waals surface area contributed by atoms with Gasteiger partial charge < -0.3 is 20.5 Å². The number of nitrogens with one attached hydrogen (secondary N) is 2. The SMILES string of the molecule is O=C(NC[C@@H](O)COC1CCCCC1)Nc1cccc(-n2cnnc2)c1. The third-order valence-corrected chi connectivity index (χ3v) is 4.40. The average Bonchev–Trinajstić information content (AvgIpc) is 3.21. The Hall–Kier alpha value is -2.45. The number of hydrogen-bond acceptors (Lipinski definition) is 5. The maximum Gasteiger partial charge on any atom is 0.319 e. The Morgan fingerprint density at radius 2 is 2.04 bits per heavy atom. The van der Waals surface area contributed by atoms with E-state index in [0.29, 0.717) is 5.69 Å². The number of rotatable bonds is 7. The highest BCUT2D eigenvalue weighted by molar-refractivity contribution is 5.89. The molecule has 1 saturated carbocycles. The van der Waals surface area contributed by atoms with Gasteiger partial charge in [0.25, 0.3) is 0 Å². The number of aliphatic hydroxyl groups is 1. The van der Waals surface area contributed by atoms with Gasteiger partial charge in [-0.25, -0.2) is 4.79 Å². The summed E-state index contributed by atoms with van der Waals surface area (Å²) in [6, 6.07) is 6.95. The molecule has 8 nitrogen and oxygen atoms in total. The van der Waals surface area contributed by atoms with E-state index in [1.807, 2.05) is 18.2 Å². The number of benzene rings is 1. The van der Waals surface area contributed by atoms with Crippen molar-refractivity contribution in [2.75, 3.05) is 18.5 Å². The predicted octanol–water partition coefficient (Wildman–Crippen LogP) is 2.10. The van der Waals surface area contributed by atoms with Crippen LogP contribution in [-0.4, -0.2) is 51.3 Å². The van der Waals surface area contributed by atoms with Gasteiger partial charge in [-0.1, -0.05) is 25.3 Å². The summed E-state index contributed by atoms with van der Waals surface area (Å²) in [7, 11) is 0. The number of urea groups is 1. The number of amides is 2. The summed E-state index contributed by atoms with van der Waals surface area (Å²) in [5, 5.41) is 22.9. The highest BCUT2D eigenvalue weighted by atomic mass is 16.5. The maximum atomic E-state index is 12.0. The van der Waals surface area contributed by atoms with Gasteiger partial charge in [-0.2, -0.15) is 0 Å². The summed E-state index contributed by atoms with van der Waals surface area (Å²) in [5.41, 5.74) is 1.48. The molecule has 26 heavy (non-hydrogen) atoms. The second-order valence-corrected chi connectivity index (χ2v) is 6.50. The number of aromatic nitrogens is 3. The molecule has 0 saturated heterocycles. The van der Waals surface area contributed by atoms with Crippen LogP contribution in [0, 0.1) is 0 Å². The summed E-state index contributed by atoms with van der Waals surface area (Å²) in [6.07, 6.45) is 8.46. The standard InChI is InChI=1S/C18H25N5O3/c24-16(11-26-17-7-2-1-3-8-17)10-19-18(25)22-14-5-4-6-15(9-14)23-12-20-21-13-23/h4-6,9,12-13,16-17,24H,1-3,7-8,10-11H2,(H2,19,22,25)/t16-/m1/s1. The van der Waals surface area contributed by atoms with Crippen molar-refractivity contribution in [3.05, 3.63) is 36.9 Å². The summed E-state index contributed by atoms with van der Waals surface area (Å²) in [6.45, 7) is 0.387. The zero-order valence-electron chi connectivity index (χ0n) is 14.7. The second-order valence-electron chi connectivity index (χ2n) is 6.50. The molecule has 1 aromatic carbocycles. The van der Waals surface area contributed by atoms with Crippen LogP contribution in [0.5, 0.6) is 0 Å². The fourth-order valence-corrected chi connectivity index (χ4v) is 3.00. The molecule has 0 aliphatic heterocycles. The Balaban J connectivity index is 1.40. The van der Waals surface area contributed by atoms with Crippen molar-refractivity contribution in [1.29, 1.82) is 0 Å². The summed E-state index contributed by atoms with van der Waals surface area (Å²) in [5.74, 6) is 0. The Morgan fingerprint density at radius 3 is 2.81 bits per heavy atom. The Labute approximate surface area is 152 Å². The molecule has 1 aromatic heterocycles. The van der Waals surface area contributed by atoms with Gasteiger partial charge in [0.1, 0.15) is 12.7 Å². The minimum absolute atomic E-state index is 0.143. The Bertz CT molecular complexity index is 686. The first-order valence-corrected chi connectivity index (χ1v) is 9.00. The number of aliphatic hydroxyl groups excluding tert-OH is 1. The van der Waals surface area contributed by atoms with Crippen LogP contribution < -0.4 is 10.6 Å². The monoisotopic (exact) mass is 359 g/mol. The molecule has 0 bridgehead atoms. The van der Waals surface area contributed by atoms with Crippen LogP contribution in [0.3, 0.4) is 0 Å². The molecule has 1 aliphatic rings. The highest BCUT2D eigenvalue weighted by Gasteiger charge is 2.16. The fraction of sp³-hybridized carbons (Fsp3) is 0.500. The van der Waals surface area contributed by atoms with Crippen LogP contribution in [0.15, 0.2) is 36.9 Å². The molecular weight excluding hydrogens is 334 g/mol. The third kappa shape index (κ3) is 5.53. The van der Waals surface area contributed by atoms with E-state index in [1.165, 1.54) is 19.3 Å². The van der Waals surface area contributed by atoms with Crippen molar-refractivity contribution in [2.45, 2.75) is 44.3 Å². The van der Waals surface area contributed by atoms with E-state index in [0.717, 1.165) is 18.5 Å². The van der Waals surface area contributed by atoms with Gasteiger partial charge in [0.05, 0.1) is 24.5 Å². The van der Waals surface area contributed by atoms with Crippen molar-refractivity contribution < 1.29 is 14.6 Å². The quantitative estimate of drug-likeness (QED) is 0.703. The molecule has 2 amide bonds. The molecule has 3 N–H and O–H groups in total. The molecule has 1 aliphatic carbocycles. The predicted molar refractivity (Wildman–Crippen MR) is 97.2 cm³/mol. The lowest BCUT2D eigenvalue weighted by Crippen LogP contribution is -2.38. The van der Waals surface area contributed by atoms with E-state index in [1.54, 1.807) is 23.3 Å². The minimum atomic E-state index is -0.717. The van der Waals surface area contributed by atoms with Crippen molar-refractivity contribution in [3.63, 3.8) is 0 Å². The largest absolute Gasteiger partial charge is 0.389 e. The molecule has 3 rings (SSSR count). The molecule has 0 radical (unpaired) electrons. The van der Waals surface area contributed by atoms with Crippen LogP contribution in [0.1, 0.15) is 32.1 Å².